The second kappa shape index (κ2) is 7.19. The molecular weight excluding hydrogens is 318 g/mol. The van der Waals surface area contributed by atoms with Crippen molar-refractivity contribution in [1.29, 1.82) is 0 Å². The van der Waals surface area contributed by atoms with Crippen molar-refractivity contribution in [2.75, 3.05) is 6.26 Å². The molecule has 1 amide bonds. The van der Waals surface area contributed by atoms with Gasteiger partial charge >= 0.3 is 0 Å². The summed E-state index contributed by atoms with van der Waals surface area (Å²) in [6, 6.07) is 10.0. The minimum Gasteiger partial charge on any atom is -0.415 e. The number of rotatable bonds is 7. The van der Waals surface area contributed by atoms with E-state index in [1.165, 1.54) is 11.8 Å². The van der Waals surface area contributed by atoms with Gasteiger partial charge in [0.1, 0.15) is 5.25 Å². The molecule has 1 saturated carbocycles. The Morgan fingerprint density at radius 2 is 2.14 bits per heavy atom. The van der Waals surface area contributed by atoms with Gasteiger partial charge < -0.3 is 9.73 Å². The van der Waals surface area contributed by atoms with E-state index in [1.807, 2.05) is 36.6 Å². The molecule has 0 radical (unpaired) electrons. The van der Waals surface area contributed by atoms with Gasteiger partial charge in [-0.15, -0.1) is 10.2 Å². The van der Waals surface area contributed by atoms with Crippen molar-refractivity contribution in [3.8, 4) is 0 Å². The lowest BCUT2D eigenvalue weighted by Gasteiger charge is -2.14. The zero-order chi connectivity index (χ0) is 15.4. The van der Waals surface area contributed by atoms with Crippen LogP contribution in [0.3, 0.4) is 0 Å². The number of aromatic nitrogens is 2. The molecule has 0 saturated heterocycles. The van der Waals surface area contributed by atoms with Gasteiger partial charge in [0.2, 0.25) is 11.8 Å². The molecule has 0 bridgehead atoms. The molecule has 116 valence electrons. The monoisotopic (exact) mass is 335 g/mol. The summed E-state index contributed by atoms with van der Waals surface area (Å²) in [6.45, 7) is 0. The third-order valence-electron chi connectivity index (χ3n) is 3.20. The van der Waals surface area contributed by atoms with Gasteiger partial charge in [-0.2, -0.15) is 11.8 Å². The van der Waals surface area contributed by atoms with Gasteiger partial charge in [-0.25, -0.2) is 0 Å². The van der Waals surface area contributed by atoms with E-state index in [1.54, 1.807) is 11.8 Å². The maximum Gasteiger partial charge on any atom is 0.277 e. The SMILES string of the molecule is CSCc1nnc(SC(C(=O)NC2CC2)c2ccccc2)o1. The van der Waals surface area contributed by atoms with Gasteiger partial charge in [-0.3, -0.25) is 4.79 Å². The minimum atomic E-state index is -0.371. The summed E-state index contributed by atoms with van der Waals surface area (Å²) in [7, 11) is 0. The van der Waals surface area contributed by atoms with Crippen molar-refractivity contribution in [3.05, 3.63) is 41.8 Å². The highest BCUT2D eigenvalue weighted by molar-refractivity contribution is 8.00. The molecule has 1 aromatic heterocycles. The standard InChI is InChI=1S/C15H17N3O2S2/c1-21-9-12-17-18-15(20-12)22-13(10-5-3-2-4-6-10)14(19)16-11-7-8-11/h2-6,11,13H,7-9H2,1H3,(H,16,19). The van der Waals surface area contributed by atoms with E-state index in [0.717, 1.165) is 18.4 Å². The van der Waals surface area contributed by atoms with Crippen molar-refractivity contribution in [3.63, 3.8) is 0 Å². The summed E-state index contributed by atoms with van der Waals surface area (Å²) in [5.41, 5.74) is 0.940. The van der Waals surface area contributed by atoms with Gasteiger partial charge in [0.05, 0.1) is 5.75 Å². The first-order valence-electron chi connectivity index (χ1n) is 7.09. The topological polar surface area (TPSA) is 68.0 Å². The van der Waals surface area contributed by atoms with Crippen LogP contribution in [0.2, 0.25) is 0 Å². The molecule has 1 aromatic carbocycles. The van der Waals surface area contributed by atoms with E-state index < -0.39 is 0 Å². The van der Waals surface area contributed by atoms with Crippen molar-refractivity contribution in [2.24, 2.45) is 0 Å². The Hall–Kier alpha value is -1.47. The Labute approximate surface area is 137 Å². The van der Waals surface area contributed by atoms with Gasteiger partial charge in [-0.1, -0.05) is 30.3 Å². The number of nitrogens with zero attached hydrogens (tertiary/aromatic N) is 2. The van der Waals surface area contributed by atoms with E-state index in [0.29, 0.717) is 22.9 Å². The number of hydrogen-bond donors (Lipinski definition) is 1. The van der Waals surface area contributed by atoms with Crippen LogP contribution in [0.5, 0.6) is 0 Å². The highest BCUT2D eigenvalue weighted by atomic mass is 32.2. The number of benzene rings is 1. The van der Waals surface area contributed by atoms with Gasteiger partial charge in [0.25, 0.3) is 5.22 Å². The predicted molar refractivity (Wildman–Crippen MR) is 87.7 cm³/mol. The largest absolute Gasteiger partial charge is 0.415 e. The van der Waals surface area contributed by atoms with E-state index >= 15 is 0 Å². The van der Waals surface area contributed by atoms with Crippen LogP contribution in [0.4, 0.5) is 0 Å². The van der Waals surface area contributed by atoms with Crippen LogP contribution in [0.15, 0.2) is 40.0 Å². The first kappa shape index (κ1) is 15.4. The summed E-state index contributed by atoms with van der Waals surface area (Å²) >= 11 is 2.93. The third-order valence-corrected chi connectivity index (χ3v) is 4.82. The molecule has 1 fully saturated rings. The normalized spacial score (nSPS) is 15.5. The number of amides is 1. The van der Waals surface area contributed by atoms with Crippen molar-refractivity contribution >= 4 is 29.4 Å². The first-order chi connectivity index (χ1) is 10.8. The van der Waals surface area contributed by atoms with E-state index in [-0.39, 0.29) is 11.2 Å². The van der Waals surface area contributed by atoms with Gasteiger partial charge in [-0.05, 0) is 36.4 Å². The zero-order valence-electron chi connectivity index (χ0n) is 12.2. The molecule has 1 atom stereocenters. The molecule has 22 heavy (non-hydrogen) atoms. The predicted octanol–water partition coefficient (Wildman–Crippen LogP) is 3.04. The van der Waals surface area contributed by atoms with Crippen LogP contribution < -0.4 is 5.32 Å². The van der Waals surface area contributed by atoms with E-state index in [9.17, 15) is 4.79 Å². The van der Waals surface area contributed by atoms with E-state index in [2.05, 4.69) is 15.5 Å². The van der Waals surface area contributed by atoms with Crippen LogP contribution in [-0.2, 0) is 10.5 Å². The molecule has 3 rings (SSSR count). The summed E-state index contributed by atoms with van der Waals surface area (Å²) in [4.78, 5) is 12.5. The van der Waals surface area contributed by atoms with Crippen LogP contribution in [0.1, 0.15) is 29.5 Å². The lowest BCUT2D eigenvalue weighted by molar-refractivity contribution is -0.120. The Morgan fingerprint density at radius 1 is 1.36 bits per heavy atom. The molecule has 0 aliphatic heterocycles. The second-order valence-corrected chi connectivity index (χ2v) is 7.01. The Bertz CT molecular complexity index is 629. The van der Waals surface area contributed by atoms with Crippen LogP contribution in [0.25, 0.3) is 0 Å². The lowest BCUT2D eigenvalue weighted by Crippen LogP contribution is -2.29. The van der Waals surface area contributed by atoms with Crippen LogP contribution in [-0.4, -0.2) is 28.4 Å². The fourth-order valence-electron chi connectivity index (χ4n) is 1.97. The van der Waals surface area contributed by atoms with Crippen LogP contribution >= 0.6 is 23.5 Å². The molecule has 1 heterocycles. The number of thioether (sulfide) groups is 2. The molecule has 1 N–H and O–H groups in total. The van der Waals surface area contributed by atoms with Gasteiger partial charge in [0.15, 0.2) is 0 Å². The third kappa shape index (κ3) is 4.04. The lowest BCUT2D eigenvalue weighted by atomic mass is 10.1. The average molecular weight is 335 g/mol. The molecule has 2 aromatic rings. The molecular formula is C15H17N3O2S2. The molecule has 1 unspecified atom stereocenters. The Balaban J connectivity index is 1.76. The van der Waals surface area contributed by atoms with Crippen molar-refractivity contribution in [1.82, 2.24) is 15.5 Å². The average Bonchev–Trinajstić information content (AvgIpc) is 3.23. The number of carbonyl (C=O) groups is 1. The summed E-state index contributed by atoms with van der Waals surface area (Å²) in [6.07, 6.45) is 4.11. The smallest absolute Gasteiger partial charge is 0.277 e. The molecule has 1 aliphatic carbocycles. The Morgan fingerprint density at radius 3 is 2.82 bits per heavy atom. The second-order valence-electron chi connectivity index (χ2n) is 5.09. The van der Waals surface area contributed by atoms with Crippen LogP contribution in [0, 0.1) is 0 Å². The van der Waals surface area contributed by atoms with Gasteiger partial charge in [0, 0.05) is 6.04 Å². The Kier molecular flexibility index (Phi) is 5.04. The van der Waals surface area contributed by atoms with Crippen molar-refractivity contribution in [2.45, 2.75) is 35.1 Å². The maximum atomic E-state index is 12.5. The molecule has 5 nitrogen and oxygen atoms in total. The molecule has 0 spiro atoms. The molecule has 1 aliphatic rings. The number of hydrogen-bond acceptors (Lipinski definition) is 6. The fraction of sp³-hybridized carbons (Fsp3) is 0.400. The molecule has 7 heteroatoms. The highest BCUT2D eigenvalue weighted by Crippen LogP contribution is 2.35. The van der Waals surface area contributed by atoms with E-state index in [4.69, 9.17) is 4.42 Å². The fourth-order valence-corrected chi connectivity index (χ4v) is 3.24. The summed E-state index contributed by atoms with van der Waals surface area (Å²) < 4.78 is 5.59. The van der Waals surface area contributed by atoms with Crippen molar-refractivity contribution < 1.29 is 9.21 Å². The number of nitrogens with one attached hydrogen (secondary N) is 1. The quantitative estimate of drug-likeness (QED) is 0.785. The minimum absolute atomic E-state index is 0.00307. The highest BCUT2D eigenvalue weighted by Gasteiger charge is 2.30. The summed E-state index contributed by atoms with van der Waals surface area (Å²) in [5.74, 6) is 1.27. The number of carbonyl (C=O) groups excluding carboxylic acids is 1. The first-order valence-corrected chi connectivity index (χ1v) is 9.37. The summed E-state index contributed by atoms with van der Waals surface area (Å²) in [5, 5.41) is 11.1. The maximum absolute atomic E-state index is 12.5. The zero-order valence-corrected chi connectivity index (χ0v) is 13.8.